The van der Waals surface area contributed by atoms with Gasteiger partial charge in [-0.05, 0) is 23.3 Å². The van der Waals surface area contributed by atoms with Crippen molar-refractivity contribution in [3.63, 3.8) is 0 Å². The molecule has 3 aromatic rings. The fraction of sp³-hybridized carbons (Fsp3) is 0.231. The highest BCUT2D eigenvalue weighted by molar-refractivity contribution is 6.32. The van der Waals surface area contributed by atoms with Gasteiger partial charge in [0.05, 0.1) is 35.0 Å². The third-order valence-electron chi connectivity index (χ3n) is 7.70. The van der Waals surface area contributed by atoms with Gasteiger partial charge in [-0.3, -0.25) is 9.59 Å². The van der Waals surface area contributed by atoms with Gasteiger partial charge in [0.25, 0.3) is 0 Å². The van der Waals surface area contributed by atoms with Crippen LogP contribution < -0.4 is 5.32 Å². The molecule has 0 radical (unpaired) electrons. The summed E-state index contributed by atoms with van der Waals surface area (Å²) >= 11 is 0. The Kier molecular flexibility index (Phi) is 4.48. The molecule has 184 valence electrons. The first-order valence-electron chi connectivity index (χ1n) is 11.2. The minimum Gasteiger partial charge on any atom is -0.507 e. The van der Waals surface area contributed by atoms with Crippen LogP contribution in [0.4, 0.5) is 5.69 Å². The molecule has 3 aliphatic rings. The molecule has 1 heterocycles. The van der Waals surface area contributed by atoms with E-state index >= 15 is 0 Å². The monoisotopic (exact) mass is 491 g/mol. The van der Waals surface area contributed by atoms with Crippen molar-refractivity contribution >= 4 is 17.3 Å². The van der Waals surface area contributed by atoms with Crippen LogP contribution in [0.25, 0.3) is 0 Å². The lowest BCUT2D eigenvalue weighted by Gasteiger charge is -2.59. The normalized spacial score (nSPS) is 28.4. The van der Waals surface area contributed by atoms with Crippen LogP contribution in [0.15, 0.2) is 48.5 Å². The maximum absolute atomic E-state index is 13.6. The number of fused-ring (bicyclic) bond motifs is 9. The molecule has 0 amide bonds. The van der Waals surface area contributed by atoms with Gasteiger partial charge in [0.15, 0.2) is 22.8 Å². The van der Waals surface area contributed by atoms with Gasteiger partial charge in [-0.25, -0.2) is 0 Å². The van der Waals surface area contributed by atoms with E-state index in [0.29, 0.717) is 0 Å². The molecule has 5 unspecified atom stereocenters. The zero-order valence-electron chi connectivity index (χ0n) is 18.5. The van der Waals surface area contributed by atoms with Gasteiger partial charge in [-0.2, -0.15) is 0 Å². The van der Waals surface area contributed by atoms with Crippen molar-refractivity contribution in [2.75, 3.05) is 11.9 Å². The lowest BCUT2D eigenvalue weighted by Crippen LogP contribution is -2.71. The molecule has 0 saturated carbocycles. The Bertz CT molecular complexity index is 1500. The van der Waals surface area contributed by atoms with Gasteiger partial charge in [0.1, 0.15) is 23.7 Å². The Balaban J connectivity index is 1.72. The number of carbonyl (C=O) groups is 2. The first-order valence-corrected chi connectivity index (χ1v) is 11.2. The van der Waals surface area contributed by atoms with Gasteiger partial charge < -0.3 is 41.1 Å². The summed E-state index contributed by atoms with van der Waals surface area (Å²) in [6.45, 7) is -0.989. The maximum atomic E-state index is 13.6. The van der Waals surface area contributed by atoms with Crippen molar-refractivity contribution in [3.8, 4) is 11.5 Å². The number of phenolic OH excluding ortho intramolecular Hbond substituents is 2. The Hall–Kier alpha value is -3.80. The highest BCUT2D eigenvalue weighted by Crippen LogP contribution is 2.62. The predicted octanol–water partition coefficient (Wildman–Crippen LogP) is 0.359. The molecule has 10 nitrogen and oxygen atoms in total. The topological polar surface area (TPSA) is 188 Å². The Morgan fingerprint density at radius 3 is 2.28 bits per heavy atom. The van der Waals surface area contributed by atoms with Crippen LogP contribution in [-0.2, 0) is 5.60 Å². The van der Waals surface area contributed by atoms with E-state index < -0.39 is 59.1 Å². The molecule has 0 fully saturated rings. The zero-order valence-corrected chi connectivity index (χ0v) is 18.5. The van der Waals surface area contributed by atoms with Gasteiger partial charge >= 0.3 is 0 Å². The summed E-state index contributed by atoms with van der Waals surface area (Å²) in [7, 11) is 0. The number of anilines is 1. The van der Waals surface area contributed by atoms with Gasteiger partial charge in [-0.1, -0.05) is 36.4 Å². The fourth-order valence-electron chi connectivity index (χ4n) is 6.01. The second-order valence-electron chi connectivity index (χ2n) is 9.33. The summed E-state index contributed by atoms with van der Waals surface area (Å²) in [5.74, 6) is -2.74. The van der Waals surface area contributed by atoms with Crippen LogP contribution in [-0.4, -0.2) is 65.6 Å². The molecule has 2 aliphatic carbocycles. The minimum absolute atomic E-state index is 0.116. The van der Waals surface area contributed by atoms with Crippen LogP contribution in [0.5, 0.6) is 11.5 Å². The van der Waals surface area contributed by atoms with Crippen molar-refractivity contribution in [1.82, 2.24) is 0 Å². The highest BCUT2D eigenvalue weighted by Gasteiger charge is 2.70. The molecular formula is C26H21NO9. The smallest absolute Gasteiger partial charge is 0.200 e. The molecular weight excluding hydrogens is 470 g/mol. The first-order chi connectivity index (χ1) is 17.1. The number of ketones is 2. The molecule has 0 aromatic heterocycles. The van der Waals surface area contributed by atoms with E-state index in [0.717, 1.165) is 6.07 Å². The van der Waals surface area contributed by atoms with E-state index in [9.17, 15) is 45.3 Å². The number of benzene rings is 3. The number of rotatable bonds is 2. The molecule has 1 aliphatic heterocycles. The summed E-state index contributed by atoms with van der Waals surface area (Å²) in [6.07, 6.45) is -3.85. The Morgan fingerprint density at radius 2 is 1.58 bits per heavy atom. The zero-order chi connectivity index (χ0) is 25.7. The Morgan fingerprint density at radius 1 is 0.889 bits per heavy atom. The van der Waals surface area contributed by atoms with Crippen LogP contribution >= 0.6 is 0 Å². The third-order valence-corrected chi connectivity index (χ3v) is 7.70. The maximum Gasteiger partial charge on any atom is 0.200 e. The lowest BCUT2D eigenvalue weighted by atomic mass is 9.57. The van der Waals surface area contributed by atoms with Crippen LogP contribution in [0.3, 0.4) is 0 Å². The minimum atomic E-state index is -2.75. The predicted molar refractivity (Wildman–Crippen MR) is 123 cm³/mol. The third kappa shape index (κ3) is 2.37. The fourth-order valence-corrected chi connectivity index (χ4v) is 6.01. The number of nitrogens with one attached hydrogen (secondary N) is 1. The summed E-state index contributed by atoms with van der Waals surface area (Å²) in [4.78, 5) is 26.9. The standard InChI is InChI=1S/C26H21NO9/c28-9-16(31)26(36)23-10-4-1-2-5-11(10)24(34)25(26,35)13-8-15(30)18-19(20(13)27-23)22(33)17-12(21(18)32)6-3-7-14(17)29/h1-8,16,23-24,27-31,34-36H,9H2. The average molecular weight is 491 g/mol. The van der Waals surface area contributed by atoms with E-state index in [-0.39, 0.29) is 44.6 Å². The van der Waals surface area contributed by atoms with Crippen molar-refractivity contribution < 1.29 is 45.3 Å². The average Bonchev–Trinajstić information content (AvgIpc) is 2.87. The number of hydrogen-bond acceptors (Lipinski definition) is 10. The molecule has 6 rings (SSSR count). The largest absolute Gasteiger partial charge is 0.507 e. The summed E-state index contributed by atoms with van der Waals surface area (Å²) in [5, 5.41) is 79.9. The number of aromatic hydroxyl groups is 2. The number of aliphatic hydroxyl groups is 5. The second kappa shape index (κ2) is 7.12. The molecule has 0 saturated heterocycles. The molecule has 36 heavy (non-hydrogen) atoms. The van der Waals surface area contributed by atoms with Crippen molar-refractivity contribution in [2.45, 2.75) is 29.5 Å². The summed E-state index contributed by atoms with van der Waals surface area (Å²) in [6, 6.07) is 9.79. The van der Waals surface area contributed by atoms with Crippen molar-refractivity contribution in [3.05, 3.63) is 87.5 Å². The second-order valence-corrected chi connectivity index (χ2v) is 9.33. The van der Waals surface area contributed by atoms with E-state index in [1.54, 1.807) is 12.1 Å². The van der Waals surface area contributed by atoms with Gasteiger partial charge in [-0.15, -0.1) is 0 Å². The molecule has 8 N–H and O–H groups in total. The van der Waals surface area contributed by atoms with E-state index in [4.69, 9.17) is 0 Å². The van der Waals surface area contributed by atoms with Crippen LogP contribution in [0.2, 0.25) is 0 Å². The van der Waals surface area contributed by atoms with Crippen LogP contribution in [0.1, 0.15) is 60.7 Å². The molecule has 0 spiro atoms. The Labute approximate surface area is 203 Å². The molecule has 10 heteroatoms. The number of carbonyl (C=O) groups excluding carboxylic acids is 2. The molecule has 2 bridgehead atoms. The number of phenols is 2. The summed E-state index contributed by atoms with van der Waals surface area (Å²) in [5.41, 5.74) is -6.57. The quantitative estimate of drug-likeness (QED) is 0.182. The molecule has 5 atom stereocenters. The van der Waals surface area contributed by atoms with Crippen molar-refractivity contribution in [2.24, 2.45) is 0 Å². The lowest BCUT2D eigenvalue weighted by molar-refractivity contribution is -0.270. The van der Waals surface area contributed by atoms with E-state index in [2.05, 4.69) is 5.32 Å². The number of hydrogen-bond donors (Lipinski definition) is 8. The van der Waals surface area contributed by atoms with Gasteiger partial charge in [0, 0.05) is 11.1 Å². The van der Waals surface area contributed by atoms with Crippen LogP contribution in [0, 0.1) is 0 Å². The van der Waals surface area contributed by atoms with E-state index in [1.807, 2.05) is 0 Å². The van der Waals surface area contributed by atoms with Gasteiger partial charge in [0.2, 0.25) is 0 Å². The summed E-state index contributed by atoms with van der Waals surface area (Å²) < 4.78 is 0. The van der Waals surface area contributed by atoms with Crippen molar-refractivity contribution in [1.29, 1.82) is 0 Å². The number of aliphatic hydroxyl groups excluding tert-OH is 3. The SMILES string of the molecule is O=C1c2cccc(O)c2C(=O)c2c3c(cc(O)c21)C1(O)C(O)c2ccccc2C(N3)C1(O)C(O)CO. The van der Waals surface area contributed by atoms with E-state index in [1.165, 1.54) is 30.3 Å². The first kappa shape index (κ1) is 22.7. The molecule has 3 aromatic carbocycles. The highest BCUT2D eigenvalue weighted by atomic mass is 16.4.